The van der Waals surface area contributed by atoms with E-state index < -0.39 is 0 Å². The van der Waals surface area contributed by atoms with E-state index in [9.17, 15) is 4.79 Å². The zero-order valence-corrected chi connectivity index (χ0v) is 13.4. The molecule has 1 saturated heterocycles. The van der Waals surface area contributed by atoms with E-state index in [0.717, 1.165) is 14.1 Å². The van der Waals surface area contributed by atoms with E-state index in [0.29, 0.717) is 18.8 Å². The summed E-state index contributed by atoms with van der Waals surface area (Å²) in [7, 11) is 0. The molecule has 6 heteroatoms. The molecule has 1 aromatic heterocycles. The van der Waals surface area contributed by atoms with Gasteiger partial charge in [-0.3, -0.25) is 4.79 Å². The Morgan fingerprint density at radius 2 is 1.95 bits per heavy atom. The summed E-state index contributed by atoms with van der Waals surface area (Å²) in [5, 5.41) is 4.72. The monoisotopic (exact) mass is 401 g/mol. The third-order valence-electron chi connectivity index (χ3n) is 2.89. The predicted octanol–water partition coefficient (Wildman–Crippen LogP) is 3.65. The minimum Gasteiger partial charge on any atom is -0.346 e. The molecule has 0 atom stereocenters. The van der Waals surface area contributed by atoms with E-state index in [1.165, 1.54) is 0 Å². The number of carbonyl (C=O) groups excluding carboxylic acids is 1. The molecule has 0 bridgehead atoms. The third-order valence-corrected chi connectivity index (χ3v) is 4.68. The number of ether oxygens (including phenoxy) is 2. The molecule has 1 aromatic carbocycles. The number of thiophene rings is 1. The van der Waals surface area contributed by atoms with Gasteiger partial charge in [-0.25, -0.2) is 0 Å². The fourth-order valence-electron chi connectivity index (χ4n) is 1.91. The Morgan fingerprint density at radius 3 is 2.55 bits per heavy atom. The highest BCUT2D eigenvalue weighted by Crippen LogP contribution is 2.24. The maximum Gasteiger partial charge on any atom is 0.256 e. The lowest BCUT2D eigenvalue weighted by Gasteiger charge is -2.10. The van der Waals surface area contributed by atoms with Gasteiger partial charge in [0.25, 0.3) is 5.91 Å². The number of hydrogen-bond donors (Lipinski definition) is 1. The normalized spacial score (nSPS) is 15.4. The summed E-state index contributed by atoms with van der Waals surface area (Å²) >= 11 is 3.76. The van der Waals surface area contributed by atoms with Crippen LogP contribution in [0.4, 0.5) is 5.69 Å². The maximum absolute atomic E-state index is 12.0. The third kappa shape index (κ3) is 3.20. The number of hydrogen-bond acceptors (Lipinski definition) is 4. The predicted molar refractivity (Wildman–Crippen MR) is 86.1 cm³/mol. The smallest absolute Gasteiger partial charge is 0.256 e. The van der Waals surface area contributed by atoms with Gasteiger partial charge in [0.05, 0.1) is 21.7 Å². The summed E-state index contributed by atoms with van der Waals surface area (Å²) in [5.74, 6) is -0.0923. The number of nitrogens with one attached hydrogen (secondary N) is 1. The van der Waals surface area contributed by atoms with Crippen LogP contribution in [-0.2, 0) is 9.47 Å². The number of rotatable bonds is 3. The summed E-state index contributed by atoms with van der Waals surface area (Å²) in [5.41, 5.74) is 2.41. The summed E-state index contributed by atoms with van der Waals surface area (Å²) < 4.78 is 11.9. The topological polar surface area (TPSA) is 47.6 Å². The van der Waals surface area contributed by atoms with Crippen LogP contribution >= 0.6 is 33.9 Å². The van der Waals surface area contributed by atoms with Gasteiger partial charge >= 0.3 is 0 Å². The van der Waals surface area contributed by atoms with Crippen molar-refractivity contribution in [2.45, 2.75) is 6.29 Å². The Kier molecular flexibility index (Phi) is 4.35. The van der Waals surface area contributed by atoms with E-state index in [2.05, 4.69) is 27.9 Å². The van der Waals surface area contributed by atoms with Crippen molar-refractivity contribution in [3.63, 3.8) is 0 Å². The molecule has 0 aliphatic carbocycles. The summed E-state index contributed by atoms with van der Waals surface area (Å²) in [6, 6.07) is 9.40. The highest BCUT2D eigenvalue weighted by atomic mass is 127. The standard InChI is InChI=1S/C14H12INO3S/c15-12-7-10(8-20-12)13(17)16-11-3-1-9(2-4-11)14-18-5-6-19-14/h1-4,7-8,14H,5-6H2,(H,16,17). The van der Waals surface area contributed by atoms with Crippen LogP contribution in [0.25, 0.3) is 0 Å². The van der Waals surface area contributed by atoms with Crippen molar-refractivity contribution in [3.8, 4) is 0 Å². The van der Waals surface area contributed by atoms with Gasteiger partial charge in [-0.1, -0.05) is 12.1 Å². The molecule has 4 nitrogen and oxygen atoms in total. The van der Waals surface area contributed by atoms with Crippen LogP contribution in [0.15, 0.2) is 35.7 Å². The molecule has 20 heavy (non-hydrogen) atoms. The second-order valence-electron chi connectivity index (χ2n) is 4.29. The van der Waals surface area contributed by atoms with Crippen LogP contribution < -0.4 is 5.32 Å². The summed E-state index contributed by atoms with van der Waals surface area (Å²) in [4.78, 5) is 12.0. The van der Waals surface area contributed by atoms with Crippen molar-refractivity contribution in [3.05, 3.63) is 49.7 Å². The molecule has 3 rings (SSSR count). The van der Waals surface area contributed by atoms with Gasteiger partial charge in [-0.15, -0.1) is 11.3 Å². The molecule has 1 N–H and O–H groups in total. The van der Waals surface area contributed by atoms with E-state index in [-0.39, 0.29) is 12.2 Å². The fourth-order valence-corrected chi connectivity index (χ4v) is 3.23. The molecular formula is C14H12INO3S. The van der Waals surface area contributed by atoms with E-state index >= 15 is 0 Å². The van der Waals surface area contributed by atoms with Gasteiger partial charge in [0.2, 0.25) is 0 Å². The molecule has 104 valence electrons. The zero-order valence-electron chi connectivity index (χ0n) is 10.5. The Bertz CT molecular complexity index is 605. The lowest BCUT2D eigenvalue weighted by atomic mass is 10.2. The lowest BCUT2D eigenvalue weighted by molar-refractivity contribution is -0.0441. The van der Waals surface area contributed by atoms with Crippen molar-refractivity contribution >= 4 is 45.5 Å². The second-order valence-corrected chi connectivity index (χ2v) is 7.09. The summed E-state index contributed by atoms with van der Waals surface area (Å²) in [6.45, 7) is 1.25. The number of carbonyl (C=O) groups is 1. The zero-order chi connectivity index (χ0) is 13.9. The number of benzene rings is 1. The average molecular weight is 401 g/mol. The highest BCUT2D eigenvalue weighted by molar-refractivity contribution is 14.1. The minimum atomic E-state index is -0.279. The van der Waals surface area contributed by atoms with Crippen LogP contribution in [0.2, 0.25) is 0 Å². The molecule has 0 unspecified atom stereocenters. The molecule has 2 aromatic rings. The molecule has 0 saturated carbocycles. The average Bonchev–Trinajstić information content (AvgIpc) is 3.10. The molecule has 0 radical (unpaired) electrons. The van der Waals surface area contributed by atoms with Gasteiger partial charge in [-0.2, -0.15) is 0 Å². The highest BCUT2D eigenvalue weighted by Gasteiger charge is 2.18. The van der Waals surface area contributed by atoms with E-state index in [1.54, 1.807) is 11.3 Å². The first-order valence-corrected chi connectivity index (χ1v) is 8.07. The van der Waals surface area contributed by atoms with Gasteiger partial charge < -0.3 is 14.8 Å². The van der Waals surface area contributed by atoms with Crippen LogP contribution in [0.3, 0.4) is 0 Å². The molecule has 0 spiro atoms. The van der Waals surface area contributed by atoms with Crippen molar-refractivity contribution in [1.82, 2.24) is 0 Å². The second kappa shape index (κ2) is 6.21. The SMILES string of the molecule is O=C(Nc1ccc(C2OCCO2)cc1)c1csc(I)c1. The van der Waals surface area contributed by atoms with Crippen LogP contribution in [0, 0.1) is 2.88 Å². The Hall–Kier alpha value is -0.960. The quantitative estimate of drug-likeness (QED) is 0.799. The Morgan fingerprint density at radius 1 is 1.25 bits per heavy atom. The Labute approximate surface area is 134 Å². The Balaban J connectivity index is 1.67. The molecule has 1 aliphatic heterocycles. The van der Waals surface area contributed by atoms with Crippen LogP contribution in [0.1, 0.15) is 22.2 Å². The van der Waals surface area contributed by atoms with Crippen molar-refractivity contribution in [2.24, 2.45) is 0 Å². The van der Waals surface area contributed by atoms with Gasteiger partial charge in [-0.05, 0) is 40.8 Å². The van der Waals surface area contributed by atoms with Gasteiger partial charge in [0.1, 0.15) is 0 Å². The molecule has 1 aliphatic rings. The first-order chi connectivity index (χ1) is 9.72. The van der Waals surface area contributed by atoms with Gasteiger partial charge in [0, 0.05) is 16.6 Å². The number of anilines is 1. The fraction of sp³-hybridized carbons (Fsp3) is 0.214. The molecular weight excluding hydrogens is 389 g/mol. The van der Waals surface area contributed by atoms with Crippen molar-refractivity contribution in [2.75, 3.05) is 18.5 Å². The van der Waals surface area contributed by atoms with E-state index in [1.807, 2.05) is 35.7 Å². The van der Waals surface area contributed by atoms with Crippen molar-refractivity contribution < 1.29 is 14.3 Å². The minimum absolute atomic E-state index is 0.0923. The summed E-state index contributed by atoms with van der Waals surface area (Å²) in [6.07, 6.45) is -0.279. The number of amides is 1. The molecule has 2 heterocycles. The lowest BCUT2D eigenvalue weighted by Crippen LogP contribution is -2.10. The first kappa shape index (κ1) is 14.0. The molecule has 1 amide bonds. The van der Waals surface area contributed by atoms with Crippen LogP contribution in [-0.4, -0.2) is 19.1 Å². The maximum atomic E-state index is 12.0. The van der Waals surface area contributed by atoms with Crippen LogP contribution in [0.5, 0.6) is 0 Å². The molecule has 1 fully saturated rings. The largest absolute Gasteiger partial charge is 0.346 e. The van der Waals surface area contributed by atoms with Gasteiger partial charge in [0.15, 0.2) is 6.29 Å². The first-order valence-electron chi connectivity index (χ1n) is 6.11. The number of halogens is 1. The van der Waals surface area contributed by atoms with Crippen molar-refractivity contribution in [1.29, 1.82) is 0 Å². The van der Waals surface area contributed by atoms with E-state index in [4.69, 9.17) is 9.47 Å².